The normalized spacial score (nSPS) is 12.0. The van der Waals surface area contributed by atoms with Crippen molar-refractivity contribution in [3.05, 3.63) is 16.5 Å². The predicted molar refractivity (Wildman–Crippen MR) is 131 cm³/mol. The van der Waals surface area contributed by atoms with Gasteiger partial charge in [0.05, 0.1) is 0 Å². The Bertz CT molecular complexity index is 455. The third kappa shape index (κ3) is 9.24. The fourth-order valence-electron chi connectivity index (χ4n) is 4.56. The molecular weight excluding hydrogens is 451 g/mol. The predicted octanol–water partition coefficient (Wildman–Crippen LogP) is 9.02. The van der Waals surface area contributed by atoms with E-state index in [1.54, 1.807) is 18.2 Å². The number of unbranched alkanes of at least 4 members (excludes halogenated alkanes) is 8. The average molecular weight is 499 g/mol. The molecule has 0 aliphatic carbocycles. The summed E-state index contributed by atoms with van der Waals surface area (Å²) >= 11 is -0.000368. The number of rotatable bonds is 17. The molecule has 0 aromatic carbocycles. The first-order valence-electron chi connectivity index (χ1n) is 12.2. The van der Waals surface area contributed by atoms with Gasteiger partial charge in [-0.15, -0.1) is 0 Å². The third-order valence-corrected chi connectivity index (χ3v) is 25.8. The van der Waals surface area contributed by atoms with Crippen LogP contribution < -0.4 is 2.89 Å². The number of aryl methyl sites for hydroxylation is 2. The van der Waals surface area contributed by atoms with Crippen LogP contribution in [-0.2, 0) is 6.42 Å². The zero-order valence-corrected chi connectivity index (χ0v) is 23.0. The van der Waals surface area contributed by atoms with Crippen LogP contribution in [0.1, 0.15) is 115 Å². The Kier molecular flexibility index (Phi) is 14.5. The Morgan fingerprint density at radius 2 is 1.15 bits per heavy atom. The molecule has 0 saturated heterocycles. The molecule has 0 radical (unpaired) electrons. The fourth-order valence-corrected chi connectivity index (χ4v) is 26.3. The first-order valence-corrected chi connectivity index (χ1v) is 20.5. The molecule has 0 atom stereocenters. The summed E-state index contributed by atoms with van der Waals surface area (Å²) in [5, 5.41) is 0. The zero-order chi connectivity index (χ0) is 20.0. The molecule has 0 saturated carbocycles. The number of thiophene rings is 1. The van der Waals surface area contributed by atoms with Crippen LogP contribution in [0.5, 0.6) is 0 Å². The molecule has 0 spiro atoms. The molecule has 1 heterocycles. The molecule has 0 aliphatic rings. The summed E-state index contributed by atoms with van der Waals surface area (Å²) < 4.78 is 6.86. The Morgan fingerprint density at radius 3 is 1.67 bits per heavy atom. The van der Waals surface area contributed by atoms with Gasteiger partial charge in [0.15, 0.2) is 0 Å². The van der Waals surface area contributed by atoms with Gasteiger partial charge in [-0.1, -0.05) is 0 Å². The molecule has 1 aromatic rings. The van der Waals surface area contributed by atoms with Crippen LogP contribution >= 0.6 is 11.3 Å². The van der Waals surface area contributed by atoms with Crippen LogP contribution in [0.4, 0.5) is 0 Å². The van der Waals surface area contributed by atoms with Gasteiger partial charge >= 0.3 is 181 Å². The van der Waals surface area contributed by atoms with Gasteiger partial charge in [0.25, 0.3) is 0 Å². The van der Waals surface area contributed by atoms with Gasteiger partial charge in [0.2, 0.25) is 0 Å². The van der Waals surface area contributed by atoms with E-state index in [1.807, 2.05) is 8.46 Å². The first-order chi connectivity index (χ1) is 13.1. The topological polar surface area (TPSA) is 0 Å². The van der Waals surface area contributed by atoms with Crippen LogP contribution in [0.25, 0.3) is 0 Å². The van der Waals surface area contributed by atoms with E-state index in [2.05, 4.69) is 52.0 Å². The Hall–Kier alpha value is 0.499. The minimum absolute atomic E-state index is 1.36. The Morgan fingerprint density at radius 1 is 0.667 bits per heavy atom. The van der Waals surface area contributed by atoms with Gasteiger partial charge in [-0.3, -0.25) is 0 Å². The molecule has 27 heavy (non-hydrogen) atoms. The summed E-state index contributed by atoms with van der Waals surface area (Å²) in [5.74, 6) is 0. The molecule has 2 heteroatoms. The van der Waals surface area contributed by atoms with Crippen molar-refractivity contribution in [2.24, 2.45) is 0 Å². The third-order valence-electron chi connectivity index (χ3n) is 6.24. The van der Waals surface area contributed by atoms with Gasteiger partial charge in [0.1, 0.15) is 0 Å². The molecule has 0 unspecified atom stereocenters. The van der Waals surface area contributed by atoms with E-state index in [-0.39, 0.29) is 0 Å². The molecule has 0 amide bonds. The zero-order valence-electron chi connectivity index (χ0n) is 19.3. The second-order valence-electron chi connectivity index (χ2n) is 8.82. The number of hydrogen-bond acceptors (Lipinski definition) is 1. The standard InChI is InChI=1S/C13H21S.3C4H9.Sn/c1-3-4-5-6-7-8-9-13-10-12(2)14-11-13;3*1-3-4-2;/h10H,3-9H2,1-2H3;3*1,3-4H2,2H3;. The Balaban J connectivity index is 2.94. The SMILES string of the molecule is CCCCCCCCc1cc(C)s[c]1[Sn]([CH2]CCC)([CH2]CCC)[CH2]CCC. The first kappa shape index (κ1) is 25.5. The van der Waals surface area contributed by atoms with E-state index in [0.29, 0.717) is 0 Å². The molecule has 158 valence electrons. The van der Waals surface area contributed by atoms with Crippen LogP contribution in [0.3, 0.4) is 0 Å². The van der Waals surface area contributed by atoms with Crippen molar-refractivity contribution in [3.63, 3.8) is 0 Å². The maximum atomic E-state index is 2.60. The van der Waals surface area contributed by atoms with Crippen LogP contribution in [-0.4, -0.2) is 18.4 Å². The van der Waals surface area contributed by atoms with E-state index in [4.69, 9.17) is 0 Å². The van der Waals surface area contributed by atoms with Crippen molar-refractivity contribution in [2.75, 3.05) is 0 Å². The Labute approximate surface area is 179 Å². The molecular formula is C25H48SSn. The molecule has 1 aromatic heterocycles. The summed E-state index contributed by atoms with van der Waals surface area (Å²) in [4.78, 5) is 1.59. The molecule has 0 fully saturated rings. The van der Waals surface area contributed by atoms with E-state index < -0.39 is 18.4 Å². The van der Waals surface area contributed by atoms with Crippen molar-refractivity contribution in [3.8, 4) is 0 Å². The van der Waals surface area contributed by atoms with Crippen molar-refractivity contribution < 1.29 is 0 Å². The van der Waals surface area contributed by atoms with Crippen molar-refractivity contribution in [1.29, 1.82) is 0 Å². The van der Waals surface area contributed by atoms with E-state index in [0.717, 1.165) is 0 Å². The summed E-state index contributed by atoms with van der Waals surface area (Å²) in [6.07, 6.45) is 18.5. The minimum atomic E-state index is -2.24. The maximum absolute atomic E-state index is 2.60. The van der Waals surface area contributed by atoms with Gasteiger partial charge in [-0.05, 0) is 0 Å². The van der Waals surface area contributed by atoms with Crippen molar-refractivity contribution >= 4 is 32.6 Å². The number of hydrogen-bond donors (Lipinski definition) is 0. The average Bonchev–Trinajstić information content (AvgIpc) is 3.05. The van der Waals surface area contributed by atoms with Gasteiger partial charge in [-0.2, -0.15) is 0 Å². The second-order valence-corrected chi connectivity index (χ2v) is 24.1. The summed E-state index contributed by atoms with van der Waals surface area (Å²) in [7, 11) is 0. The molecule has 0 bridgehead atoms. The van der Waals surface area contributed by atoms with E-state index in [9.17, 15) is 0 Å². The van der Waals surface area contributed by atoms with E-state index in [1.165, 1.54) is 83.5 Å². The summed E-state index contributed by atoms with van der Waals surface area (Å²) in [6, 6.07) is 2.60. The van der Waals surface area contributed by atoms with E-state index >= 15 is 0 Å². The van der Waals surface area contributed by atoms with Crippen LogP contribution in [0.15, 0.2) is 6.07 Å². The fraction of sp³-hybridized carbons (Fsp3) is 0.840. The second kappa shape index (κ2) is 15.4. The van der Waals surface area contributed by atoms with Crippen molar-refractivity contribution in [1.82, 2.24) is 0 Å². The van der Waals surface area contributed by atoms with Gasteiger partial charge in [0, 0.05) is 0 Å². The quantitative estimate of drug-likeness (QED) is 0.148. The molecule has 0 nitrogen and oxygen atoms in total. The van der Waals surface area contributed by atoms with Gasteiger partial charge in [-0.25, -0.2) is 0 Å². The molecule has 1 rings (SSSR count). The molecule has 0 aliphatic heterocycles. The summed E-state index contributed by atoms with van der Waals surface area (Å²) in [6.45, 7) is 11.9. The summed E-state index contributed by atoms with van der Waals surface area (Å²) in [5.41, 5.74) is 1.81. The molecule has 0 N–H and O–H groups in total. The monoisotopic (exact) mass is 500 g/mol. The van der Waals surface area contributed by atoms with Crippen LogP contribution in [0, 0.1) is 6.92 Å². The van der Waals surface area contributed by atoms with Crippen LogP contribution in [0.2, 0.25) is 13.3 Å². The van der Waals surface area contributed by atoms with Gasteiger partial charge < -0.3 is 0 Å². The van der Waals surface area contributed by atoms with Crippen molar-refractivity contribution in [2.45, 2.75) is 131 Å².